The molecule has 3 nitrogen and oxygen atoms in total. The molecule has 3 rings (SSSR count). The zero-order chi connectivity index (χ0) is 11.9. The van der Waals surface area contributed by atoms with E-state index in [1.807, 2.05) is 12.1 Å². The van der Waals surface area contributed by atoms with E-state index in [2.05, 4.69) is 26.5 Å². The van der Waals surface area contributed by atoms with Crippen molar-refractivity contribution < 1.29 is 4.79 Å². The molecule has 1 atom stereocenters. The molecule has 90 valence electrons. The van der Waals surface area contributed by atoms with Crippen LogP contribution in [-0.2, 0) is 4.79 Å². The van der Waals surface area contributed by atoms with E-state index in [9.17, 15) is 4.79 Å². The van der Waals surface area contributed by atoms with Crippen LogP contribution in [0.4, 0.5) is 0 Å². The van der Waals surface area contributed by atoms with E-state index in [-0.39, 0.29) is 11.8 Å². The molecule has 0 radical (unpaired) electrons. The van der Waals surface area contributed by atoms with Gasteiger partial charge in [0.2, 0.25) is 5.91 Å². The van der Waals surface area contributed by atoms with Crippen LogP contribution in [-0.4, -0.2) is 12.1 Å². The van der Waals surface area contributed by atoms with E-state index in [1.54, 1.807) is 17.6 Å². The van der Waals surface area contributed by atoms with Crippen molar-refractivity contribution in [3.05, 3.63) is 20.8 Å². The highest BCUT2D eigenvalue weighted by Crippen LogP contribution is 2.65. The topological polar surface area (TPSA) is 41.5 Å². The van der Waals surface area contributed by atoms with Crippen molar-refractivity contribution in [3.8, 4) is 0 Å². The Labute approximate surface area is 112 Å². The summed E-state index contributed by atoms with van der Waals surface area (Å²) in [5.41, 5.74) is 3.03. The zero-order valence-electron chi connectivity index (χ0n) is 9.28. The molecular formula is C12H13BrN2OS. The first-order valence-corrected chi connectivity index (χ1v) is 7.39. The number of rotatable bonds is 3. The van der Waals surface area contributed by atoms with E-state index >= 15 is 0 Å². The molecule has 1 unspecified atom stereocenters. The number of hydrazone groups is 1. The summed E-state index contributed by atoms with van der Waals surface area (Å²) in [6.45, 7) is 0. The van der Waals surface area contributed by atoms with Gasteiger partial charge in [0.1, 0.15) is 0 Å². The van der Waals surface area contributed by atoms with Crippen molar-refractivity contribution in [1.29, 1.82) is 0 Å². The van der Waals surface area contributed by atoms with Crippen molar-refractivity contribution in [3.63, 3.8) is 0 Å². The Morgan fingerprint density at radius 2 is 2.41 bits per heavy atom. The fraction of sp³-hybridized carbons (Fsp3) is 0.500. The number of hydrogen-bond acceptors (Lipinski definition) is 3. The van der Waals surface area contributed by atoms with Gasteiger partial charge in [-0.1, -0.05) is 6.42 Å². The first-order valence-electron chi connectivity index (χ1n) is 5.78. The lowest BCUT2D eigenvalue weighted by Crippen LogP contribution is -2.26. The van der Waals surface area contributed by atoms with Gasteiger partial charge < -0.3 is 0 Å². The standard InChI is InChI=1S/C12H13BrN2OS/c13-10-3-2-8(17-10)7-14-15-11(16)9-6-12(9)4-1-5-12/h2-3,7,9H,1,4-6H2,(H,15,16)/b14-7+. The highest BCUT2D eigenvalue weighted by atomic mass is 79.9. The average Bonchev–Trinajstić information content (AvgIpc) is 2.91. The summed E-state index contributed by atoms with van der Waals surface area (Å²) in [6, 6.07) is 3.94. The second-order valence-electron chi connectivity index (χ2n) is 4.85. The molecule has 0 bridgehead atoms. The minimum atomic E-state index is 0.0940. The maximum Gasteiger partial charge on any atom is 0.243 e. The first-order chi connectivity index (χ1) is 8.20. The lowest BCUT2D eigenvalue weighted by Gasteiger charge is -2.25. The maximum absolute atomic E-state index is 11.8. The van der Waals surface area contributed by atoms with Gasteiger partial charge in [-0.25, -0.2) is 5.43 Å². The largest absolute Gasteiger partial charge is 0.273 e. The van der Waals surface area contributed by atoms with Gasteiger partial charge in [-0.15, -0.1) is 11.3 Å². The molecule has 1 amide bonds. The molecule has 2 fully saturated rings. The van der Waals surface area contributed by atoms with Gasteiger partial charge in [0.25, 0.3) is 0 Å². The van der Waals surface area contributed by atoms with Gasteiger partial charge in [0, 0.05) is 10.8 Å². The van der Waals surface area contributed by atoms with Gasteiger partial charge in [-0.2, -0.15) is 5.10 Å². The van der Waals surface area contributed by atoms with Gasteiger partial charge in [0.05, 0.1) is 10.0 Å². The predicted octanol–water partition coefficient (Wildman–Crippen LogP) is 3.15. The minimum Gasteiger partial charge on any atom is -0.273 e. The fourth-order valence-corrected chi connectivity index (χ4v) is 3.83. The van der Waals surface area contributed by atoms with Gasteiger partial charge >= 0.3 is 0 Å². The summed E-state index contributed by atoms with van der Waals surface area (Å²) in [5, 5.41) is 4.01. The summed E-state index contributed by atoms with van der Waals surface area (Å²) in [5.74, 6) is 0.319. The number of amides is 1. The van der Waals surface area contributed by atoms with Crippen LogP contribution >= 0.6 is 27.3 Å². The molecule has 1 spiro atoms. The molecule has 1 heterocycles. The summed E-state index contributed by atoms with van der Waals surface area (Å²) >= 11 is 4.98. The summed E-state index contributed by atoms with van der Waals surface area (Å²) in [4.78, 5) is 12.8. The lowest BCUT2D eigenvalue weighted by atomic mass is 9.80. The highest BCUT2D eigenvalue weighted by molar-refractivity contribution is 9.11. The molecule has 1 N–H and O–H groups in total. The van der Waals surface area contributed by atoms with Gasteiger partial charge in [-0.3, -0.25) is 4.79 Å². The monoisotopic (exact) mass is 312 g/mol. The van der Waals surface area contributed by atoms with Crippen molar-refractivity contribution in [1.82, 2.24) is 5.43 Å². The Bertz CT molecular complexity index is 479. The molecule has 0 aliphatic heterocycles. The summed E-state index contributed by atoms with van der Waals surface area (Å²) in [6.07, 6.45) is 6.51. The number of carbonyl (C=O) groups excluding carboxylic acids is 1. The summed E-state index contributed by atoms with van der Waals surface area (Å²) in [7, 11) is 0. The SMILES string of the molecule is O=C(N/N=C/c1ccc(Br)s1)C1CC12CCC2. The number of nitrogens with one attached hydrogen (secondary N) is 1. The molecule has 2 saturated carbocycles. The third kappa shape index (κ3) is 2.18. The number of hydrogen-bond donors (Lipinski definition) is 1. The number of thiophene rings is 1. The molecule has 0 aromatic carbocycles. The van der Waals surface area contributed by atoms with Crippen LogP contribution in [0.25, 0.3) is 0 Å². The third-order valence-electron chi connectivity index (χ3n) is 3.82. The quantitative estimate of drug-likeness (QED) is 0.676. The highest BCUT2D eigenvalue weighted by Gasteiger charge is 2.60. The first kappa shape index (κ1) is 11.4. The second-order valence-corrected chi connectivity index (χ2v) is 7.34. The Morgan fingerprint density at radius 3 is 2.94 bits per heavy atom. The zero-order valence-corrected chi connectivity index (χ0v) is 11.7. The van der Waals surface area contributed by atoms with E-state index in [0.717, 1.165) is 15.1 Å². The van der Waals surface area contributed by atoms with Crippen LogP contribution in [0.2, 0.25) is 0 Å². The Kier molecular flexibility index (Phi) is 2.83. The van der Waals surface area contributed by atoms with E-state index in [0.29, 0.717) is 5.41 Å². The molecule has 2 aliphatic carbocycles. The van der Waals surface area contributed by atoms with Crippen LogP contribution in [0.15, 0.2) is 21.0 Å². The molecule has 2 aliphatic rings. The van der Waals surface area contributed by atoms with Crippen molar-refractivity contribution in [2.45, 2.75) is 25.7 Å². The van der Waals surface area contributed by atoms with Crippen molar-refractivity contribution >= 4 is 39.4 Å². The smallest absolute Gasteiger partial charge is 0.243 e. The van der Waals surface area contributed by atoms with Crippen molar-refractivity contribution in [2.75, 3.05) is 0 Å². The Balaban J connectivity index is 1.51. The molecule has 17 heavy (non-hydrogen) atoms. The van der Waals surface area contributed by atoms with Crippen LogP contribution in [0.5, 0.6) is 0 Å². The second kappa shape index (κ2) is 4.21. The summed E-state index contributed by atoms with van der Waals surface area (Å²) < 4.78 is 1.07. The average molecular weight is 313 g/mol. The van der Waals surface area contributed by atoms with Crippen LogP contribution in [0.3, 0.4) is 0 Å². The molecular weight excluding hydrogens is 300 g/mol. The Hall–Kier alpha value is -0.680. The van der Waals surface area contributed by atoms with Gasteiger partial charge in [0.15, 0.2) is 0 Å². The Morgan fingerprint density at radius 1 is 1.59 bits per heavy atom. The predicted molar refractivity (Wildman–Crippen MR) is 72.1 cm³/mol. The minimum absolute atomic E-state index is 0.0940. The lowest BCUT2D eigenvalue weighted by molar-refractivity contribution is -0.123. The van der Waals surface area contributed by atoms with E-state index in [1.165, 1.54) is 19.3 Å². The van der Waals surface area contributed by atoms with Crippen LogP contribution in [0, 0.1) is 11.3 Å². The number of halogens is 1. The van der Waals surface area contributed by atoms with Crippen LogP contribution in [0.1, 0.15) is 30.6 Å². The fourth-order valence-electron chi connectivity index (χ4n) is 2.54. The normalized spacial score (nSPS) is 24.9. The van der Waals surface area contributed by atoms with Crippen LogP contribution < -0.4 is 5.43 Å². The molecule has 0 saturated heterocycles. The molecule has 1 aromatic heterocycles. The van der Waals surface area contributed by atoms with E-state index in [4.69, 9.17) is 0 Å². The number of carbonyl (C=O) groups is 1. The molecule has 1 aromatic rings. The number of nitrogens with zero attached hydrogens (tertiary/aromatic N) is 1. The van der Waals surface area contributed by atoms with E-state index < -0.39 is 0 Å². The third-order valence-corrected chi connectivity index (χ3v) is 5.37. The maximum atomic E-state index is 11.8. The molecule has 5 heteroatoms. The van der Waals surface area contributed by atoms with Crippen molar-refractivity contribution in [2.24, 2.45) is 16.4 Å². The van der Waals surface area contributed by atoms with Gasteiger partial charge in [-0.05, 0) is 52.7 Å².